The summed E-state index contributed by atoms with van der Waals surface area (Å²) in [6, 6.07) is 16.5. The molecule has 174 valence electrons. The topological polar surface area (TPSA) is 76.1 Å². The number of methoxy groups -OCH3 is 2. The Labute approximate surface area is 203 Å². The maximum atomic E-state index is 13.4. The zero-order chi connectivity index (χ0) is 24.6. The van der Waals surface area contributed by atoms with Crippen molar-refractivity contribution in [3.8, 4) is 11.5 Å². The number of rotatable bonds is 5. The summed E-state index contributed by atoms with van der Waals surface area (Å²) < 4.78 is 10.8. The fraction of sp³-hybridized carbons (Fsp3) is 0.185. The summed E-state index contributed by atoms with van der Waals surface area (Å²) in [6.45, 7) is 3.71. The average molecular weight is 478 g/mol. The van der Waals surface area contributed by atoms with Gasteiger partial charge in [0, 0.05) is 16.3 Å². The van der Waals surface area contributed by atoms with Gasteiger partial charge in [0.15, 0.2) is 11.5 Å². The van der Waals surface area contributed by atoms with Gasteiger partial charge in [-0.15, -0.1) is 0 Å². The molecule has 34 heavy (non-hydrogen) atoms. The maximum absolute atomic E-state index is 13.4. The van der Waals surface area contributed by atoms with Gasteiger partial charge in [0.2, 0.25) is 0 Å². The number of aliphatic hydroxyl groups excluding tert-OH is 1. The molecule has 1 N–H and O–H groups in total. The number of hydrogen-bond acceptors (Lipinski definition) is 5. The number of anilines is 1. The van der Waals surface area contributed by atoms with E-state index in [1.165, 1.54) is 19.1 Å². The van der Waals surface area contributed by atoms with Crippen LogP contribution in [0.5, 0.6) is 11.5 Å². The van der Waals surface area contributed by atoms with Gasteiger partial charge in [-0.2, -0.15) is 0 Å². The molecule has 3 aromatic rings. The van der Waals surface area contributed by atoms with Crippen molar-refractivity contribution in [3.63, 3.8) is 0 Å². The summed E-state index contributed by atoms with van der Waals surface area (Å²) in [5, 5.41) is 11.7. The van der Waals surface area contributed by atoms with E-state index in [0.29, 0.717) is 38.9 Å². The zero-order valence-electron chi connectivity index (χ0n) is 19.3. The van der Waals surface area contributed by atoms with Crippen LogP contribution in [-0.4, -0.2) is 31.0 Å². The third-order valence-electron chi connectivity index (χ3n) is 5.99. The van der Waals surface area contributed by atoms with E-state index in [2.05, 4.69) is 0 Å². The van der Waals surface area contributed by atoms with Gasteiger partial charge in [0.25, 0.3) is 11.7 Å². The first-order valence-electron chi connectivity index (χ1n) is 10.6. The smallest absolute Gasteiger partial charge is 0.300 e. The van der Waals surface area contributed by atoms with Crippen LogP contribution in [-0.2, 0) is 9.59 Å². The lowest BCUT2D eigenvalue weighted by Gasteiger charge is -2.27. The molecule has 3 aromatic carbocycles. The lowest BCUT2D eigenvalue weighted by atomic mass is 9.94. The van der Waals surface area contributed by atoms with Crippen LogP contribution in [0.1, 0.15) is 28.3 Å². The Bertz CT molecular complexity index is 1310. The van der Waals surface area contributed by atoms with Crippen LogP contribution in [0.4, 0.5) is 5.69 Å². The number of halogens is 1. The van der Waals surface area contributed by atoms with Crippen LogP contribution in [0.25, 0.3) is 5.76 Å². The minimum Gasteiger partial charge on any atom is -0.507 e. The van der Waals surface area contributed by atoms with E-state index >= 15 is 0 Å². The first-order chi connectivity index (χ1) is 16.3. The molecule has 0 bridgehead atoms. The third-order valence-corrected chi connectivity index (χ3v) is 6.40. The van der Waals surface area contributed by atoms with Gasteiger partial charge in [-0.1, -0.05) is 53.6 Å². The van der Waals surface area contributed by atoms with E-state index in [9.17, 15) is 14.7 Å². The molecule has 0 saturated carbocycles. The summed E-state index contributed by atoms with van der Waals surface area (Å²) >= 11 is 6.35. The summed E-state index contributed by atoms with van der Waals surface area (Å²) in [4.78, 5) is 28.1. The average Bonchev–Trinajstić information content (AvgIpc) is 3.10. The highest BCUT2D eigenvalue weighted by Gasteiger charge is 2.47. The number of aliphatic hydroxyl groups is 1. The Morgan fingerprint density at radius 1 is 0.941 bits per heavy atom. The molecule has 1 heterocycles. The first-order valence-corrected chi connectivity index (χ1v) is 11.0. The van der Waals surface area contributed by atoms with Gasteiger partial charge >= 0.3 is 0 Å². The van der Waals surface area contributed by atoms with Gasteiger partial charge in [-0.25, -0.2) is 0 Å². The molecule has 1 fully saturated rings. The third kappa shape index (κ3) is 3.90. The highest BCUT2D eigenvalue weighted by atomic mass is 35.5. The number of benzene rings is 3. The summed E-state index contributed by atoms with van der Waals surface area (Å²) in [5.41, 5.74) is 3.13. The molecule has 7 heteroatoms. The Hall–Kier alpha value is -3.77. The van der Waals surface area contributed by atoms with Crippen LogP contribution in [0.2, 0.25) is 5.02 Å². The molecule has 1 saturated heterocycles. The fourth-order valence-corrected chi connectivity index (χ4v) is 4.31. The molecule has 4 rings (SSSR count). The summed E-state index contributed by atoms with van der Waals surface area (Å²) in [5.74, 6) is -0.847. The van der Waals surface area contributed by atoms with Crippen LogP contribution in [0.15, 0.2) is 66.2 Å². The van der Waals surface area contributed by atoms with E-state index in [-0.39, 0.29) is 11.3 Å². The second-order valence-corrected chi connectivity index (χ2v) is 8.44. The van der Waals surface area contributed by atoms with E-state index < -0.39 is 17.7 Å². The zero-order valence-corrected chi connectivity index (χ0v) is 20.0. The van der Waals surface area contributed by atoms with Crippen LogP contribution in [0, 0.1) is 13.8 Å². The molecule has 1 aliphatic rings. The Balaban J connectivity index is 2.00. The van der Waals surface area contributed by atoms with Crippen molar-refractivity contribution >= 4 is 34.7 Å². The lowest BCUT2D eigenvalue weighted by molar-refractivity contribution is -0.132. The molecular formula is C27H24ClNO5. The second kappa shape index (κ2) is 9.23. The van der Waals surface area contributed by atoms with Gasteiger partial charge in [-0.05, 0) is 49.2 Å². The Morgan fingerprint density at radius 2 is 1.62 bits per heavy atom. The quantitative estimate of drug-likeness (QED) is 0.294. The largest absolute Gasteiger partial charge is 0.507 e. The molecular weight excluding hydrogens is 454 g/mol. The van der Waals surface area contributed by atoms with Crippen molar-refractivity contribution < 1.29 is 24.2 Å². The summed E-state index contributed by atoms with van der Waals surface area (Å²) in [7, 11) is 3.03. The molecule has 1 atom stereocenters. The molecule has 0 radical (unpaired) electrons. The minimum absolute atomic E-state index is 0.0135. The number of ether oxygens (including phenoxy) is 2. The van der Waals surface area contributed by atoms with Crippen molar-refractivity contribution in [2.75, 3.05) is 19.1 Å². The molecule has 1 unspecified atom stereocenters. The van der Waals surface area contributed by atoms with Crippen LogP contribution in [0.3, 0.4) is 0 Å². The molecule has 0 aliphatic carbocycles. The Kier molecular flexibility index (Phi) is 6.35. The number of amides is 1. The monoisotopic (exact) mass is 477 g/mol. The molecule has 0 spiro atoms. The standard InChI is InChI=1S/C27H24ClNO5/c1-15-8-10-17(11-9-15)25(30)23-24(18-12-13-21(33-3)22(14-18)34-4)29(27(32)26(23)31)20-7-5-6-19(28)16(20)2/h5-14,24,30H,1-4H3/b25-23+. The number of carbonyl (C=O) groups excluding carboxylic acids is 2. The highest BCUT2D eigenvalue weighted by molar-refractivity contribution is 6.52. The lowest BCUT2D eigenvalue weighted by Crippen LogP contribution is -2.30. The van der Waals surface area contributed by atoms with Gasteiger partial charge in [0.05, 0.1) is 25.8 Å². The van der Waals surface area contributed by atoms with E-state index in [1.807, 2.05) is 19.1 Å². The molecule has 6 nitrogen and oxygen atoms in total. The highest BCUT2D eigenvalue weighted by Crippen LogP contribution is 2.45. The van der Waals surface area contributed by atoms with Gasteiger partial charge in [0.1, 0.15) is 5.76 Å². The van der Waals surface area contributed by atoms with Gasteiger partial charge < -0.3 is 14.6 Å². The predicted molar refractivity (Wildman–Crippen MR) is 132 cm³/mol. The predicted octanol–water partition coefficient (Wildman–Crippen LogP) is 5.60. The van der Waals surface area contributed by atoms with Crippen molar-refractivity contribution in [2.45, 2.75) is 19.9 Å². The van der Waals surface area contributed by atoms with Crippen LogP contribution >= 0.6 is 11.6 Å². The number of Topliss-reactive ketones (excluding diaryl/α,β-unsaturated/α-hetero) is 1. The van der Waals surface area contributed by atoms with Crippen molar-refractivity contribution in [3.05, 3.63) is 93.5 Å². The second-order valence-electron chi connectivity index (χ2n) is 8.03. The van der Waals surface area contributed by atoms with E-state index in [1.54, 1.807) is 55.5 Å². The fourth-order valence-electron chi connectivity index (χ4n) is 4.14. The maximum Gasteiger partial charge on any atom is 0.300 e. The van der Waals surface area contributed by atoms with Crippen molar-refractivity contribution in [2.24, 2.45) is 0 Å². The van der Waals surface area contributed by atoms with Crippen molar-refractivity contribution in [1.29, 1.82) is 0 Å². The van der Waals surface area contributed by atoms with Crippen LogP contribution < -0.4 is 14.4 Å². The normalized spacial score (nSPS) is 17.2. The SMILES string of the molecule is COc1ccc(C2/C(=C(\O)c3ccc(C)cc3)C(=O)C(=O)N2c2cccc(Cl)c2C)cc1OC. The number of aryl methyl sites for hydroxylation is 1. The van der Waals surface area contributed by atoms with Crippen molar-refractivity contribution in [1.82, 2.24) is 0 Å². The van der Waals surface area contributed by atoms with Gasteiger partial charge in [-0.3, -0.25) is 14.5 Å². The first kappa shape index (κ1) is 23.4. The number of ketones is 1. The minimum atomic E-state index is -0.904. The Morgan fingerprint density at radius 3 is 2.26 bits per heavy atom. The molecule has 0 aromatic heterocycles. The number of hydrogen-bond donors (Lipinski definition) is 1. The molecule has 1 amide bonds. The van der Waals surface area contributed by atoms with E-state index in [0.717, 1.165) is 5.56 Å². The molecule has 1 aliphatic heterocycles. The van der Waals surface area contributed by atoms with E-state index in [4.69, 9.17) is 21.1 Å². The summed E-state index contributed by atoms with van der Waals surface area (Å²) in [6.07, 6.45) is 0. The number of carbonyl (C=O) groups is 2. The number of nitrogens with zero attached hydrogens (tertiary/aromatic N) is 1.